The summed E-state index contributed by atoms with van der Waals surface area (Å²) in [6.07, 6.45) is -3.39. The summed E-state index contributed by atoms with van der Waals surface area (Å²) in [4.78, 5) is 22.4. The minimum atomic E-state index is -2.72. The number of hydrogen-bond acceptors (Lipinski definition) is 3. The summed E-state index contributed by atoms with van der Waals surface area (Å²) in [6, 6.07) is 0. The molecule has 0 heterocycles. The van der Waals surface area contributed by atoms with Crippen molar-refractivity contribution in [3.05, 3.63) is 0 Å². The first-order chi connectivity index (χ1) is 6.82. The molecule has 1 aliphatic rings. The van der Waals surface area contributed by atoms with Crippen molar-refractivity contribution in [2.75, 3.05) is 0 Å². The molecule has 0 aromatic rings. The molecule has 2 N–H and O–H groups in total. The molecule has 0 spiro atoms. The van der Waals surface area contributed by atoms with Gasteiger partial charge in [-0.1, -0.05) is 0 Å². The van der Waals surface area contributed by atoms with Gasteiger partial charge in [0.2, 0.25) is 12.3 Å². The van der Waals surface area contributed by atoms with Gasteiger partial charge in [0.25, 0.3) is 0 Å². The van der Waals surface area contributed by atoms with Gasteiger partial charge < -0.3 is 10.5 Å². The van der Waals surface area contributed by atoms with Crippen molar-refractivity contribution in [2.24, 2.45) is 17.1 Å². The van der Waals surface area contributed by atoms with E-state index in [1.165, 1.54) is 0 Å². The van der Waals surface area contributed by atoms with Gasteiger partial charge in [-0.25, -0.2) is 8.78 Å². The second-order valence-corrected chi connectivity index (χ2v) is 3.93. The summed E-state index contributed by atoms with van der Waals surface area (Å²) in [6.45, 7) is 3.15. The zero-order chi connectivity index (χ0) is 11.8. The van der Waals surface area contributed by atoms with Gasteiger partial charge >= 0.3 is 5.97 Å². The molecule has 1 fully saturated rings. The molecule has 0 radical (unpaired) electrons. The van der Waals surface area contributed by atoms with Gasteiger partial charge in [0.05, 0.1) is 6.10 Å². The molecule has 1 aliphatic carbocycles. The number of amides is 1. The number of nitrogens with two attached hydrogens (primary N) is 1. The highest BCUT2D eigenvalue weighted by atomic mass is 19.3. The van der Waals surface area contributed by atoms with Crippen LogP contribution in [0.5, 0.6) is 0 Å². The maximum Gasteiger partial charge on any atom is 0.322 e. The molecule has 15 heavy (non-hydrogen) atoms. The van der Waals surface area contributed by atoms with E-state index >= 15 is 0 Å². The summed E-state index contributed by atoms with van der Waals surface area (Å²) in [5.41, 5.74) is 3.17. The van der Waals surface area contributed by atoms with Crippen molar-refractivity contribution in [1.29, 1.82) is 0 Å². The quantitative estimate of drug-likeness (QED) is 0.561. The predicted molar refractivity (Wildman–Crippen MR) is 47.0 cm³/mol. The van der Waals surface area contributed by atoms with Crippen LogP contribution in [-0.4, -0.2) is 24.4 Å². The molecule has 0 aliphatic heterocycles. The number of halogens is 2. The van der Waals surface area contributed by atoms with Crippen molar-refractivity contribution in [3.8, 4) is 0 Å². The van der Waals surface area contributed by atoms with Crippen LogP contribution < -0.4 is 5.73 Å². The summed E-state index contributed by atoms with van der Waals surface area (Å²) in [5.74, 6) is -3.25. The number of carbonyl (C=O) groups excluding carboxylic acids is 2. The van der Waals surface area contributed by atoms with Gasteiger partial charge in [-0.15, -0.1) is 0 Å². The number of hydrogen-bond donors (Lipinski definition) is 1. The summed E-state index contributed by atoms with van der Waals surface area (Å²) >= 11 is 0. The van der Waals surface area contributed by atoms with Crippen molar-refractivity contribution in [2.45, 2.75) is 32.8 Å². The first kappa shape index (κ1) is 11.9. The Balaban J connectivity index is 2.79. The van der Waals surface area contributed by atoms with Crippen molar-refractivity contribution in [3.63, 3.8) is 0 Å². The number of alkyl halides is 2. The lowest BCUT2D eigenvalue weighted by atomic mass is 10.0. The van der Waals surface area contributed by atoms with Gasteiger partial charge in [0.1, 0.15) is 0 Å². The Hall–Kier alpha value is -1.20. The number of carbonyl (C=O) groups is 2. The smallest absolute Gasteiger partial charge is 0.322 e. The highest BCUT2D eigenvalue weighted by Crippen LogP contribution is 2.56. The molecule has 0 aromatic heterocycles. The second-order valence-electron chi connectivity index (χ2n) is 3.93. The zero-order valence-corrected chi connectivity index (χ0v) is 8.50. The lowest BCUT2D eigenvalue weighted by Crippen LogP contribution is -2.37. The van der Waals surface area contributed by atoms with E-state index in [1.54, 1.807) is 13.8 Å². The lowest BCUT2D eigenvalue weighted by molar-refractivity contribution is -0.159. The first-order valence-corrected chi connectivity index (χ1v) is 4.61. The van der Waals surface area contributed by atoms with Crippen molar-refractivity contribution < 1.29 is 23.1 Å². The Kier molecular flexibility index (Phi) is 2.97. The molecular formula is C9H13F2NO3. The summed E-state index contributed by atoms with van der Waals surface area (Å²) in [7, 11) is 0. The molecule has 6 heteroatoms. The number of primary amides is 1. The van der Waals surface area contributed by atoms with Gasteiger partial charge in [0.15, 0.2) is 5.41 Å². The van der Waals surface area contributed by atoms with E-state index < -0.39 is 35.7 Å². The van der Waals surface area contributed by atoms with Crippen LogP contribution in [0.25, 0.3) is 0 Å². The van der Waals surface area contributed by atoms with Crippen LogP contribution in [-0.2, 0) is 14.3 Å². The predicted octanol–water partition coefficient (Wildman–Crippen LogP) is 0.695. The van der Waals surface area contributed by atoms with E-state index in [1.807, 2.05) is 0 Å². The van der Waals surface area contributed by atoms with Gasteiger partial charge in [0, 0.05) is 5.92 Å². The van der Waals surface area contributed by atoms with Crippen LogP contribution in [0.3, 0.4) is 0 Å². The summed E-state index contributed by atoms with van der Waals surface area (Å²) < 4.78 is 29.5. The molecule has 0 unspecified atom stereocenters. The normalized spacial score (nSPS) is 29.3. The van der Waals surface area contributed by atoms with Crippen LogP contribution in [0.2, 0.25) is 0 Å². The van der Waals surface area contributed by atoms with Gasteiger partial charge in [-0.05, 0) is 20.3 Å². The molecule has 4 nitrogen and oxygen atoms in total. The highest BCUT2D eigenvalue weighted by molar-refractivity contribution is 6.05. The Bertz CT molecular complexity index is 293. The Morgan fingerprint density at radius 1 is 1.47 bits per heavy atom. The van der Waals surface area contributed by atoms with Crippen LogP contribution in [0.1, 0.15) is 20.3 Å². The minimum absolute atomic E-state index is 0.217. The van der Waals surface area contributed by atoms with Crippen molar-refractivity contribution in [1.82, 2.24) is 0 Å². The third-order valence-electron chi connectivity index (χ3n) is 2.47. The molecule has 1 rings (SSSR count). The zero-order valence-electron chi connectivity index (χ0n) is 8.50. The fraction of sp³-hybridized carbons (Fsp3) is 0.778. The molecule has 2 atom stereocenters. The number of ether oxygens (including phenoxy) is 1. The third-order valence-corrected chi connectivity index (χ3v) is 2.47. The maximum absolute atomic E-state index is 12.4. The molecule has 1 saturated carbocycles. The fourth-order valence-electron chi connectivity index (χ4n) is 1.53. The largest absolute Gasteiger partial charge is 0.462 e. The van der Waals surface area contributed by atoms with E-state index in [0.29, 0.717) is 0 Å². The molecule has 86 valence electrons. The maximum atomic E-state index is 12.4. The SMILES string of the molecule is CC(C)OC(=O)[C@@]1(C(N)=O)C[C@H]1C(F)F. The molecule has 1 amide bonds. The van der Waals surface area contributed by atoms with E-state index in [0.717, 1.165) is 0 Å². The van der Waals surface area contributed by atoms with Gasteiger partial charge in [-0.3, -0.25) is 9.59 Å². The van der Waals surface area contributed by atoms with Crippen LogP contribution >= 0.6 is 0 Å². The average Bonchev–Trinajstić information content (AvgIpc) is 2.77. The Morgan fingerprint density at radius 3 is 2.27 bits per heavy atom. The molecule has 0 bridgehead atoms. The van der Waals surface area contributed by atoms with Crippen LogP contribution in [0.15, 0.2) is 0 Å². The third kappa shape index (κ3) is 1.93. The van der Waals surface area contributed by atoms with Crippen LogP contribution in [0, 0.1) is 11.3 Å². The Morgan fingerprint density at radius 2 is 2.00 bits per heavy atom. The van der Waals surface area contributed by atoms with E-state index in [4.69, 9.17) is 10.5 Å². The van der Waals surface area contributed by atoms with Crippen LogP contribution in [0.4, 0.5) is 8.78 Å². The topological polar surface area (TPSA) is 69.4 Å². The first-order valence-electron chi connectivity index (χ1n) is 4.61. The van der Waals surface area contributed by atoms with E-state index in [-0.39, 0.29) is 6.42 Å². The van der Waals surface area contributed by atoms with Crippen molar-refractivity contribution >= 4 is 11.9 Å². The standard InChI is InChI=1S/C9H13F2NO3/c1-4(2)15-8(14)9(7(12)13)3-5(9)6(10)11/h4-6H,3H2,1-2H3,(H2,12,13)/t5-,9-/m0/s1. The molecule has 0 aromatic carbocycles. The highest BCUT2D eigenvalue weighted by Gasteiger charge is 2.69. The molecular weight excluding hydrogens is 208 g/mol. The number of esters is 1. The fourth-order valence-corrected chi connectivity index (χ4v) is 1.53. The average molecular weight is 221 g/mol. The molecule has 0 saturated heterocycles. The lowest BCUT2D eigenvalue weighted by Gasteiger charge is -2.14. The van der Waals surface area contributed by atoms with E-state index in [9.17, 15) is 18.4 Å². The monoisotopic (exact) mass is 221 g/mol. The number of rotatable bonds is 4. The summed E-state index contributed by atoms with van der Waals surface area (Å²) in [5, 5.41) is 0. The van der Waals surface area contributed by atoms with E-state index in [2.05, 4.69) is 0 Å². The van der Waals surface area contributed by atoms with Gasteiger partial charge in [-0.2, -0.15) is 0 Å². The Labute approximate surface area is 85.8 Å². The minimum Gasteiger partial charge on any atom is -0.462 e. The second kappa shape index (κ2) is 3.75.